The maximum Gasteiger partial charge on any atom is 0.350 e. The van der Waals surface area contributed by atoms with Crippen LogP contribution in [0.4, 0.5) is 5.69 Å². The van der Waals surface area contributed by atoms with Crippen LogP contribution in [0.1, 0.15) is 9.67 Å². The Hall–Kier alpha value is -1.07. The summed E-state index contributed by atoms with van der Waals surface area (Å²) in [6.45, 7) is 0. The summed E-state index contributed by atoms with van der Waals surface area (Å²) in [5.74, 6) is -0.317. The average molecular weight is 186 g/mol. The third kappa shape index (κ3) is 1.75. The molecule has 12 heavy (non-hydrogen) atoms. The van der Waals surface area contributed by atoms with E-state index in [4.69, 9.17) is 0 Å². The number of hydrazine groups is 1. The molecule has 0 radical (unpaired) electrons. The second-order valence-corrected chi connectivity index (χ2v) is 2.95. The van der Waals surface area contributed by atoms with Gasteiger partial charge in [0.15, 0.2) is 0 Å². The predicted molar refractivity (Wildman–Crippen MR) is 48.3 cm³/mol. The molecule has 1 rings (SSSR count). The van der Waals surface area contributed by atoms with Crippen LogP contribution in [-0.2, 0) is 4.74 Å². The van der Waals surface area contributed by atoms with E-state index in [-0.39, 0.29) is 5.97 Å². The van der Waals surface area contributed by atoms with E-state index in [1.165, 1.54) is 18.4 Å². The van der Waals surface area contributed by atoms with Crippen molar-refractivity contribution in [1.82, 2.24) is 5.43 Å². The van der Waals surface area contributed by atoms with Crippen molar-refractivity contribution in [3.05, 3.63) is 16.3 Å². The molecule has 1 aromatic rings. The van der Waals surface area contributed by atoms with Gasteiger partial charge in [0, 0.05) is 7.05 Å². The fourth-order valence-corrected chi connectivity index (χ4v) is 1.56. The van der Waals surface area contributed by atoms with Gasteiger partial charge in [0.25, 0.3) is 0 Å². The Kier molecular flexibility index (Phi) is 3.07. The molecular formula is C7H10N2O2S. The molecule has 1 heterocycles. The van der Waals surface area contributed by atoms with E-state index in [1.54, 1.807) is 7.05 Å². The monoisotopic (exact) mass is 186 g/mol. The first-order valence-corrected chi connectivity index (χ1v) is 4.26. The molecule has 0 bridgehead atoms. The Morgan fingerprint density at radius 2 is 2.42 bits per heavy atom. The molecular weight excluding hydrogens is 176 g/mol. The number of thiophene rings is 1. The van der Waals surface area contributed by atoms with Gasteiger partial charge in [-0.1, -0.05) is 0 Å². The molecule has 0 aliphatic rings. The highest BCUT2D eigenvalue weighted by molar-refractivity contribution is 7.12. The topological polar surface area (TPSA) is 50.4 Å². The number of methoxy groups -OCH3 is 1. The number of hydrogen-bond acceptors (Lipinski definition) is 5. The van der Waals surface area contributed by atoms with Crippen LogP contribution in [0.5, 0.6) is 0 Å². The number of rotatable bonds is 3. The van der Waals surface area contributed by atoms with Gasteiger partial charge in [0.05, 0.1) is 12.8 Å². The summed E-state index contributed by atoms with van der Waals surface area (Å²) in [5.41, 5.74) is 6.31. The lowest BCUT2D eigenvalue weighted by atomic mass is 10.4. The Bertz CT molecular complexity index is 272. The molecule has 0 saturated carbocycles. The van der Waals surface area contributed by atoms with Gasteiger partial charge in [-0.2, -0.15) is 0 Å². The zero-order valence-corrected chi connectivity index (χ0v) is 7.70. The van der Waals surface area contributed by atoms with Gasteiger partial charge in [-0.25, -0.2) is 10.2 Å². The average Bonchev–Trinajstić information content (AvgIpc) is 2.52. The van der Waals surface area contributed by atoms with Gasteiger partial charge in [0.1, 0.15) is 4.88 Å². The Labute approximate surface area is 74.5 Å². The van der Waals surface area contributed by atoms with E-state index in [1.807, 2.05) is 11.4 Å². The quantitative estimate of drug-likeness (QED) is 0.548. The van der Waals surface area contributed by atoms with Crippen molar-refractivity contribution >= 4 is 23.0 Å². The van der Waals surface area contributed by atoms with E-state index < -0.39 is 0 Å². The first-order valence-electron chi connectivity index (χ1n) is 3.38. The SMILES string of the molecule is CNNc1ccsc1C(=O)OC. The van der Waals surface area contributed by atoms with Crippen molar-refractivity contribution in [2.24, 2.45) is 0 Å². The van der Waals surface area contributed by atoms with Crippen LogP contribution in [0.3, 0.4) is 0 Å². The third-order valence-corrected chi connectivity index (χ3v) is 2.19. The molecule has 66 valence electrons. The lowest BCUT2D eigenvalue weighted by molar-refractivity contribution is 0.0607. The second kappa shape index (κ2) is 4.08. The first-order chi connectivity index (χ1) is 5.79. The number of carbonyl (C=O) groups excluding carboxylic acids is 1. The van der Waals surface area contributed by atoms with E-state index in [0.29, 0.717) is 4.88 Å². The first kappa shape index (κ1) is 9.02. The van der Waals surface area contributed by atoms with Gasteiger partial charge in [-0.15, -0.1) is 11.3 Å². The fourth-order valence-electron chi connectivity index (χ4n) is 0.793. The maximum absolute atomic E-state index is 11.1. The number of carbonyl (C=O) groups is 1. The molecule has 0 fully saturated rings. The highest BCUT2D eigenvalue weighted by Gasteiger charge is 2.12. The molecule has 1 aromatic heterocycles. The van der Waals surface area contributed by atoms with E-state index in [9.17, 15) is 4.79 Å². The summed E-state index contributed by atoms with van der Waals surface area (Å²) < 4.78 is 4.59. The van der Waals surface area contributed by atoms with Crippen molar-refractivity contribution in [2.75, 3.05) is 19.6 Å². The van der Waals surface area contributed by atoms with Crippen LogP contribution in [0.25, 0.3) is 0 Å². The minimum Gasteiger partial charge on any atom is -0.465 e. The van der Waals surface area contributed by atoms with Crippen LogP contribution in [0.2, 0.25) is 0 Å². The van der Waals surface area contributed by atoms with Gasteiger partial charge < -0.3 is 10.2 Å². The van der Waals surface area contributed by atoms with Crippen LogP contribution < -0.4 is 10.9 Å². The summed E-state index contributed by atoms with van der Waals surface area (Å²) >= 11 is 1.35. The van der Waals surface area contributed by atoms with Crippen LogP contribution in [-0.4, -0.2) is 20.1 Å². The normalized spacial score (nSPS) is 9.50. The van der Waals surface area contributed by atoms with E-state index >= 15 is 0 Å². The predicted octanol–water partition coefficient (Wildman–Crippen LogP) is 1.08. The van der Waals surface area contributed by atoms with Gasteiger partial charge in [0.2, 0.25) is 0 Å². The zero-order valence-electron chi connectivity index (χ0n) is 6.88. The van der Waals surface area contributed by atoms with Crippen molar-refractivity contribution in [2.45, 2.75) is 0 Å². The van der Waals surface area contributed by atoms with Crippen molar-refractivity contribution in [3.63, 3.8) is 0 Å². The highest BCUT2D eigenvalue weighted by atomic mass is 32.1. The van der Waals surface area contributed by atoms with E-state index in [2.05, 4.69) is 15.6 Å². The van der Waals surface area contributed by atoms with Gasteiger partial charge in [-0.05, 0) is 11.4 Å². The number of esters is 1. The summed E-state index contributed by atoms with van der Waals surface area (Å²) in [4.78, 5) is 11.7. The molecule has 0 amide bonds. The lowest BCUT2D eigenvalue weighted by Gasteiger charge is -2.03. The van der Waals surface area contributed by atoms with Crippen LogP contribution in [0, 0.1) is 0 Å². The lowest BCUT2D eigenvalue weighted by Crippen LogP contribution is -2.16. The van der Waals surface area contributed by atoms with Crippen molar-refractivity contribution in [1.29, 1.82) is 0 Å². The van der Waals surface area contributed by atoms with E-state index in [0.717, 1.165) is 5.69 Å². The number of ether oxygens (including phenoxy) is 1. The molecule has 0 aromatic carbocycles. The van der Waals surface area contributed by atoms with Crippen LogP contribution in [0.15, 0.2) is 11.4 Å². The van der Waals surface area contributed by atoms with Crippen LogP contribution >= 0.6 is 11.3 Å². The minimum atomic E-state index is -0.317. The summed E-state index contributed by atoms with van der Waals surface area (Å²) in [6.07, 6.45) is 0. The molecule has 0 spiro atoms. The Morgan fingerprint density at radius 3 is 3.00 bits per heavy atom. The fraction of sp³-hybridized carbons (Fsp3) is 0.286. The number of anilines is 1. The molecule has 0 aliphatic carbocycles. The Morgan fingerprint density at radius 1 is 1.67 bits per heavy atom. The molecule has 5 heteroatoms. The molecule has 0 aliphatic heterocycles. The number of nitrogens with one attached hydrogen (secondary N) is 2. The summed E-state index contributed by atoms with van der Waals surface area (Å²) in [5, 5.41) is 1.83. The largest absolute Gasteiger partial charge is 0.465 e. The zero-order chi connectivity index (χ0) is 8.97. The van der Waals surface area contributed by atoms with Crippen molar-refractivity contribution < 1.29 is 9.53 Å². The molecule has 0 unspecified atom stereocenters. The molecule has 0 saturated heterocycles. The standard InChI is InChI=1S/C7H10N2O2S/c1-8-9-5-3-4-12-6(5)7(10)11-2/h3-4,8-9H,1-2H3. The molecule has 4 nitrogen and oxygen atoms in total. The maximum atomic E-state index is 11.1. The van der Waals surface area contributed by atoms with Crippen molar-refractivity contribution in [3.8, 4) is 0 Å². The van der Waals surface area contributed by atoms with Gasteiger partial charge >= 0.3 is 5.97 Å². The highest BCUT2D eigenvalue weighted by Crippen LogP contribution is 2.21. The number of hydrogen-bond donors (Lipinski definition) is 2. The Balaban J connectivity index is 2.83. The summed E-state index contributed by atoms with van der Waals surface area (Å²) in [7, 11) is 3.10. The second-order valence-electron chi connectivity index (χ2n) is 2.03. The third-order valence-electron chi connectivity index (χ3n) is 1.30. The molecule has 0 atom stereocenters. The minimum absolute atomic E-state index is 0.317. The summed E-state index contributed by atoms with van der Waals surface area (Å²) in [6, 6.07) is 1.81. The smallest absolute Gasteiger partial charge is 0.350 e. The molecule has 2 N–H and O–H groups in total. The van der Waals surface area contributed by atoms with Gasteiger partial charge in [-0.3, -0.25) is 0 Å².